The van der Waals surface area contributed by atoms with Gasteiger partial charge in [0.2, 0.25) is 0 Å². The Morgan fingerprint density at radius 3 is 2.44 bits per heavy atom. The van der Waals surface area contributed by atoms with Crippen molar-refractivity contribution in [1.82, 2.24) is 15.5 Å². The molecule has 0 amide bonds. The number of likely N-dealkylation sites (N-methyl/N-ethyl adjacent to an activating group) is 1. The largest absolute Gasteiger partial charge is 0.357 e. The maximum Gasteiger partial charge on any atom is 0.191 e. The minimum atomic E-state index is -3.13. The molecule has 2 rings (SSSR count). The second-order valence-corrected chi connectivity index (χ2v) is 9.29. The molecule has 0 unspecified atom stereocenters. The van der Waals surface area contributed by atoms with Gasteiger partial charge in [0.05, 0.1) is 11.4 Å². The third kappa shape index (κ3) is 7.50. The van der Waals surface area contributed by atoms with Crippen molar-refractivity contribution >= 4 is 15.8 Å². The van der Waals surface area contributed by atoms with Crippen LogP contribution >= 0.6 is 0 Å². The van der Waals surface area contributed by atoms with E-state index >= 15 is 0 Å². The van der Waals surface area contributed by atoms with Gasteiger partial charge in [0.25, 0.3) is 0 Å². The molecule has 0 heterocycles. The van der Waals surface area contributed by atoms with E-state index in [4.69, 9.17) is 0 Å². The first-order valence-corrected chi connectivity index (χ1v) is 11.8. The van der Waals surface area contributed by atoms with Gasteiger partial charge in [-0.05, 0) is 50.9 Å². The smallest absolute Gasteiger partial charge is 0.191 e. The number of aliphatic imine (C=N–C) groups is 1. The summed E-state index contributed by atoms with van der Waals surface area (Å²) in [5.41, 5.74) is 1.10. The van der Waals surface area contributed by atoms with Gasteiger partial charge in [0.1, 0.15) is 0 Å². The second-order valence-electron chi connectivity index (χ2n) is 7.27. The van der Waals surface area contributed by atoms with Crippen molar-refractivity contribution in [3.05, 3.63) is 29.8 Å². The van der Waals surface area contributed by atoms with Crippen LogP contribution in [0.4, 0.5) is 0 Å². The van der Waals surface area contributed by atoms with E-state index in [1.54, 1.807) is 12.1 Å². The predicted octanol–water partition coefficient (Wildman–Crippen LogP) is 2.06. The van der Waals surface area contributed by atoms with Crippen LogP contribution in [0, 0.1) is 0 Å². The van der Waals surface area contributed by atoms with E-state index in [2.05, 4.69) is 34.5 Å². The van der Waals surface area contributed by atoms with E-state index in [0.717, 1.165) is 50.2 Å². The van der Waals surface area contributed by atoms with Gasteiger partial charge in [-0.3, -0.25) is 4.99 Å². The molecule has 0 bridgehead atoms. The number of benzene rings is 1. The van der Waals surface area contributed by atoms with Gasteiger partial charge in [-0.1, -0.05) is 25.0 Å². The average molecular weight is 395 g/mol. The van der Waals surface area contributed by atoms with Crippen molar-refractivity contribution in [2.24, 2.45) is 4.99 Å². The monoisotopic (exact) mass is 394 g/mol. The highest BCUT2D eigenvalue weighted by atomic mass is 32.2. The maximum atomic E-state index is 11.5. The lowest BCUT2D eigenvalue weighted by Gasteiger charge is -2.23. The molecule has 27 heavy (non-hydrogen) atoms. The Balaban J connectivity index is 1.77. The number of nitrogens with zero attached hydrogens (tertiary/aromatic N) is 2. The predicted molar refractivity (Wildman–Crippen MR) is 112 cm³/mol. The van der Waals surface area contributed by atoms with Gasteiger partial charge in [0.15, 0.2) is 15.8 Å². The molecule has 0 radical (unpaired) electrons. The Kier molecular flexibility index (Phi) is 8.57. The van der Waals surface area contributed by atoms with Gasteiger partial charge in [-0.15, -0.1) is 0 Å². The Hall–Kier alpha value is -1.60. The average Bonchev–Trinajstić information content (AvgIpc) is 3.16. The molecule has 1 aliphatic rings. The van der Waals surface area contributed by atoms with Gasteiger partial charge >= 0.3 is 0 Å². The Morgan fingerprint density at radius 2 is 1.85 bits per heavy atom. The van der Waals surface area contributed by atoms with Crippen LogP contribution in [-0.4, -0.2) is 64.8 Å². The first-order chi connectivity index (χ1) is 12.9. The zero-order valence-electron chi connectivity index (χ0n) is 16.9. The minimum absolute atomic E-state index is 0.362. The number of hydrogen-bond acceptors (Lipinski definition) is 4. The van der Waals surface area contributed by atoms with E-state index < -0.39 is 9.84 Å². The fourth-order valence-corrected chi connectivity index (χ4v) is 4.05. The molecule has 2 N–H and O–H groups in total. The normalized spacial score (nSPS) is 16.1. The van der Waals surface area contributed by atoms with Crippen LogP contribution in [0.15, 0.2) is 34.2 Å². The molecule has 0 atom stereocenters. The molecule has 0 saturated heterocycles. The quantitative estimate of drug-likeness (QED) is 0.495. The van der Waals surface area contributed by atoms with Crippen LogP contribution in [0.25, 0.3) is 0 Å². The third-order valence-corrected chi connectivity index (χ3v) is 6.20. The van der Waals surface area contributed by atoms with Crippen LogP contribution in [0.1, 0.15) is 38.2 Å². The van der Waals surface area contributed by atoms with Crippen molar-refractivity contribution in [3.8, 4) is 0 Å². The zero-order valence-corrected chi connectivity index (χ0v) is 17.7. The highest BCUT2D eigenvalue weighted by molar-refractivity contribution is 7.90. The molecule has 0 aliphatic heterocycles. The van der Waals surface area contributed by atoms with Gasteiger partial charge < -0.3 is 15.5 Å². The number of nitrogens with one attached hydrogen (secondary N) is 2. The number of sulfone groups is 1. The van der Waals surface area contributed by atoms with Crippen molar-refractivity contribution in [2.75, 3.05) is 39.5 Å². The van der Waals surface area contributed by atoms with E-state index in [-0.39, 0.29) is 0 Å². The molecule has 0 spiro atoms. The number of rotatable bonds is 9. The van der Waals surface area contributed by atoms with Crippen LogP contribution in [0.3, 0.4) is 0 Å². The number of hydrogen-bond donors (Lipinski definition) is 2. The summed E-state index contributed by atoms with van der Waals surface area (Å²) >= 11 is 0. The fraction of sp³-hybridized carbons (Fsp3) is 0.650. The van der Waals surface area contributed by atoms with Crippen molar-refractivity contribution in [2.45, 2.75) is 50.0 Å². The topological polar surface area (TPSA) is 73.8 Å². The lowest BCUT2D eigenvalue weighted by Crippen LogP contribution is -2.39. The summed E-state index contributed by atoms with van der Waals surface area (Å²) in [7, 11) is -0.933. The summed E-state index contributed by atoms with van der Waals surface area (Å²) in [6, 6.07) is 7.81. The highest BCUT2D eigenvalue weighted by Gasteiger charge is 2.18. The SMILES string of the molecule is CCNC(=NCCN(C)C1CCCC1)NCCc1ccc(S(C)(=O)=O)cc1. The summed E-state index contributed by atoms with van der Waals surface area (Å²) in [4.78, 5) is 7.47. The molecule has 6 nitrogen and oxygen atoms in total. The van der Waals surface area contributed by atoms with E-state index in [1.165, 1.54) is 31.9 Å². The van der Waals surface area contributed by atoms with Gasteiger partial charge in [-0.2, -0.15) is 0 Å². The summed E-state index contributed by atoms with van der Waals surface area (Å²) < 4.78 is 23.0. The zero-order chi connectivity index (χ0) is 19.7. The Morgan fingerprint density at radius 1 is 1.19 bits per heavy atom. The van der Waals surface area contributed by atoms with E-state index in [0.29, 0.717) is 4.90 Å². The first-order valence-electron chi connectivity index (χ1n) is 9.91. The third-order valence-electron chi connectivity index (χ3n) is 5.07. The van der Waals surface area contributed by atoms with Crippen LogP contribution in [0.5, 0.6) is 0 Å². The minimum Gasteiger partial charge on any atom is -0.357 e. The van der Waals surface area contributed by atoms with Gasteiger partial charge in [0, 0.05) is 31.9 Å². The van der Waals surface area contributed by atoms with Gasteiger partial charge in [-0.25, -0.2) is 8.42 Å². The second kappa shape index (κ2) is 10.7. The van der Waals surface area contributed by atoms with Crippen molar-refractivity contribution in [1.29, 1.82) is 0 Å². The van der Waals surface area contributed by atoms with Crippen LogP contribution in [-0.2, 0) is 16.3 Å². The maximum absolute atomic E-state index is 11.5. The summed E-state index contributed by atoms with van der Waals surface area (Å²) in [5, 5.41) is 6.64. The summed E-state index contributed by atoms with van der Waals surface area (Å²) in [6.45, 7) is 5.40. The standard InChI is InChI=1S/C20H34N4O2S/c1-4-21-20(23-15-16-24(2)18-7-5-6-8-18)22-14-13-17-9-11-19(12-10-17)27(3,25)26/h9-12,18H,4-8,13-16H2,1-3H3,(H2,21,22,23). The fourth-order valence-electron chi connectivity index (χ4n) is 3.42. The molecule has 7 heteroatoms. The molecule has 1 aliphatic carbocycles. The molecule has 1 aromatic carbocycles. The molecule has 1 aromatic rings. The summed E-state index contributed by atoms with van der Waals surface area (Å²) in [5.74, 6) is 0.838. The molecular formula is C20H34N4O2S. The Bertz CT molecular complexity index is 695. The lowest BCUT2D eigenvalue weighted by atomic mass is 10.1. The van der Waals surface area contributed by atoms with Crippen LogP contribution in [0.2, 0.25) is 0 Å². The molecule has 1 fully saturated rings. The van der Waals surface area contributed by atoms with Crippen molar-refractivity contribution in [3.63, 3.8) is 0 Å². The van der Waals surface area contributed by atoms with E-state index in [9.17, 15) is 8.42 Å². The molecule has 1 saturated carbocycles. The summed E-state index contributed by atoms with van der Waals surface area (Å²) in [6.07, 6.45) is 7.39. The highest BCUT2D eigenvalue weighted by Crippen LogP contribution is 2.21. The van der Waals surface area contributed by atoms with E-state index in [1.807, 2.05) is 12.1 Å². The molecule has 152 valence electrons. The van der Waals surface area contributed by atoms with Crippen molar-refractivity contribution < 1.29 is 8.42 Å². The Labute approximate surface area is 164 Å². The lowest BCUT2D eigenvalue weighted by molar-refractivity contribution is 0.252. The first kappa shape index (κ1) is 21.7. The number of guanidine groups is 1. The molecular weight excluding hydrogens is 360 g/mol. The van der Waals surface area contributed by atoms with Crippen LogP contribution < -0.4 is 10.6 Å². The molecule has 0 aromatic heterocycles.